The van der Waals surface area contributed by atoms with Crippen molar-refractivity contribution >= 4 is 18.3 Å². The van der Waals surface area contributed by atoms with Gasteiger partial charge >= 0.3 is 0 Å². The van der Waals surface area contributed by atoms with Crippen LogP contribution < -0.4 is 10.6 Å². The SMILES string of the molecule is Cl.Cn1cccc1C(=O)NCC1=CCNCC1. The lowest BCUT2D eigenvalue weighted by atomic mass is 10.1. The molecule has 0 aliphatic carbocycles. The first-order valence-electron chi connectivity index (χ1n) is 5.55. The molecule has 0 unspecified atom stereocenters. The number of carbonyl (C=O) groups is 1. The second-order valence-electron chi connectivity index (χ2n) is 4.00. The van der Waals surface area contributed by atoms with E-state index in [9.17, 15) is 4.79 Å². The molecule has 1 aliphatic heterocycles. The molecule has 4 nitrogen and oxygen atoms in total. The zero-order chi connectivity index (χ0) is 11.4. The fraction of sp³-hybridized carbons (Fsp3) is 0.417. The van der Waals surface area contributed by atoms with Crippen molar-refractivity contribution in [2.45, 2.75) is 6.42 Å². The number of hydrogen-bond acceptors (Lipinski definition) is 2. The lowest BCUT2D eigenvalue weighted by Gasteiger charge is -2.14. The Kier molecular flexibility index (Phi) is 5.25. The molecule has 0 fully saturated rings. The van der Waals surface area contributed by atoms with E-state index in [-0.39, 0.29) is 18.3 Å². The summed E-state index contributed by atoms with van der Waals surface area (Å²) in [6.07, 6.45) is 5.04. The average molecular weight is 256 g/mol. The maximum atomic E-state index is 11.8. The second kappa shape index (κ2) is 6.47. The van der Waals surface area contributed by atoms with Crippen molar-refractivity contribution in [1.82, 2.24) is 15.2 Å². The molecule has 5 heteroatoms. The topological polar surface area (TPSA) is 46.1 Å². The second-order valence-corrected chi connectivity index (χ2v) is 4.00. The van der Waals surface area contributed by atoms with Gasteiger partial charge in [-0.15, -0.1) is 12.4 Å². The van der Waals surface area contributed by atoms with Crippen LogP contribution in [0.5, 0.6) is 0 Å². The fourth-order valence-electron chi connectivity index (χ4n) is 1.81. The van der Waals surface area contributed by atoms with Crippen molar-refractivity contribution in [2.75, 3.05) is 19.6 Å². The Morgan fingerprint density at radius 2 is 2.41 bits per heavy atom. The molecule has 0 saturated heterocycles. The third kappa shape index (κ3) is 3.61. The van der Waals surface area contributed by atoms with Gasteiger partial charge < -0.3 is 15.2 Å². The molecular formula is C12H18ClN3O. The highest BCUT2D eigenvalue weighted by Gasteiger charge is 2.09. The third-order valence-electron chi connectivity index (χ3n) is 2.81. The number of aromatic nitrogens is 1. The number of carbonyl (C=O) groups excluding carboxylic acids is 1. The number of halogens is 1. The summed E-state index contributed by atoms with van der Waals surface area (Å²) < 4.78 is 1.83. The summed E-state index contributed by atoms with van der Waals surface area (Å²) in [7, 11) is 1.87. The molecule has 17 heavy (non-hydrogen) atoms. The first kappa shape index (κ1) is 13.8. The lowest BCUT2D eigenvalue weighted by Crippen LogP contribution is -2.30. The first-order chi connectivity index (χ1) is 7.77. The summed E-state index contributed by atoms with van der Waals surface area (Å²) in [5.41, 5.74) is 2.01. The van der Waals surface area contributed by atoms with Gasteiger partial charge in [-0.05, 0) is 25.1 Å². The quantitative estimate of drug-likeness (QED) is 0.795. The molecule has 2 rings (SSSR count). The summed E-state index contributed by atoms with van der Waals surface area (Å²) in [5, 5.41) is 6.19. The van der Waals surface area contributed by atoms with Gasteiger partial charge in [0.25, 0.3) is 5.91 Å². The maximum Gasteiger partial charge on any atom is 0.268 e. The molecule has 2 heterocycles. The van der Waals surface area contributed by atoms with E-state index in [0.717, 1.165) is 19.5 Å². The van der Waals surface area contributed by atoms with Gasteiger partial charge in [-0.3, -0.25) is 4.79 Å². The molecular weight excluding hydrogens is 238 g/mol. The third-order valence-corrected chi connectivity index (χ3v) is 2.81. The van der Waals surface area contributed by atoms with E-state index in [4.69, 9.17) is 0 Å². The van der Waals surface area contributed by atoms with E-state index >= 15 is 0 Å². The number of hydrogen-bond donors (Lipinski definition) is 2. The Labute approximate surface area is 107 Å². The van der Waals surface area contributed by atoms with Crippen LogP contribution >= 0.6 is 12.4 Å². The molecule has 0 atom stereocenters. The van der Waals surface area contributed by atoms with Crippen LogP contribution in [0.3, 0.4) is 0 Å². The highest BCUT2D eigenvalue weighted by atomic mass is 35.5. The molecule has 94 valence electrons. The van der Waals surface area contributed by atoms with Gasteiger partial charge in [-0.2, -0.15) is 0 Å². The van der Waals surface area contributed by atoms with E-state index in [2.05, 4.69) is 16.7 Å². The normalized spacial score (nSPS) is 14.8. The smallest absolute Gasteiger partial charge is 0.268 e. The van der Waals surface area contributed by atoms with Crippen molar-refractivity contribution in [1.29, 1.82) is 0 Å². The minimum atomic E-state index is -0.00747. The molecule has 0 saturated carbocycles. The molecule has 1 aliphatic rings. The van der Waals surface area contributed by atoms with Crippen LogP contribution in [-0.4, -0.2) is 30.1 Å². The predicted molar refractivity (Wildman–Crippen MR) is 70.6 cm³/mol. The van der Waals surface area contributed by atoms with Crippen LogP contribution in [0.2, 0.25) is 0 Å². The number of aryl methyl sites for hydroxylation is 1. The summed E-state index contributed by atoms with van der Waals surface area (Å²) in [6, 6.07) is 3.70. The molecule has 1 amide bonds. The van der Waals surface area contributed by atoms with Crippen LogP contribution in [-0.2, 0) is 7.05 Å². The molecule has 0 aromatic carbocycles. The predicted octanol–water partition coefficient (Wildman–Crippen LogP) is 1.10. The Bertz CT molecular complexity index is 412. The Hall–Kier alpha value is -1.26. The van der Waals surface area contributed by atoms with Gasteiger partial charge in [0.1, 0.15) is 5.69 Å². The summed E-state index contributed by atoms with van der Waals surface area (Å²) >= 11 is 0. The summed E-state index contributed by atoms with van der Waals surface area (Å²) in [6.45, 7) is 2.58. The highest BCUT2D eigenvalue weighted by molar-refractivity contribution is 5.92. The standard InChI is InChI=1S/C12H17N3O.ClH/c1-15-8-2-3-11(15)12(16)14-9-10-4-6-13-7-5-10;/h2-4,8,13H,5-7,9H2,1H3,(H,14,16);1H. The first-order valence-corrected chi connectivity index (χ1v) is 5.55. The molecule has 0 bridgehead atoms. The van der Waals surface area contributed by atoms with E-state index in [1.807, 2.05) is 29.9 Å². The average Bonchev–Trinajstić information content (AvgIpc) is 2.74. The van der Waals surface area contributed by atoms with E-state index in [1.165, 1.54) is 5.57 Å². The van der Waals surface area contributed by atoms with Gasteiger partial charge in [0.05, 0.1) is 0 Å². The van der Waals surface area contributed by atoms with E-state index < -0.39 is 0 Å². The molecule has 1 aromatic heterocycles. The van der Waals surface area contributed by atoms with Crippen LogP contribution in [0.15, 0.2) is 30.0 Å². The van der Waals surface area contributed by atoms with E-state index in [1.54, 1.807) is 0 Å². The highest BCUT2D eigenvalue weighted by Crippen LogP contribution is 2.04. The van der Waals surface area contributed by atoms with Crippen LogP contribution in [0.4, 0.5) is 0 Å². The van der Waals surface area contributed by atoms with Gasteiger partial charge in [-0.25, -0.2) is 0 Å². The Morgan fingerprint density at radius 3 is 3.00 bits per heavy atom. The number of amides is 1. The van der Waals surface area contributed by atoms with Crippen LogP contribution in [0, 0.1) is 0 Å². The zero-order valence-corrected chi connectivity index (χ0v) is 10.7. The van der Waals surface area contributed by atoms with Crippen molar-refractivity contribution in [3.05, 3.63) is 35.7 Å². The molecule has 2 N–H and O–H groups in total. The van der Waals surface area contributed by atoms with Crippen molar-refractivity contribution in [3.8, 4) is 0 Å². The number of nitrogens with one attached hydrogen (secondary N) is 2. The van der Waals surface area contributed by atoms with Crippen molar-refractivity contribution in [2.24, 2.45) is 7.05 Å². The minimum absolute atomic E-state index is 0. The maximum absolute atomic E-state index is 11.8. The minimum Gasteiger partial charge on any atom is -0.347 e. The Morgan fingerprint density at radius 1 is 1.59 bits per heavy atom. The lowest BCUT2D eigenvalue weighted by molar-refractivity contribution is 0.0948. The number of nitrogens with zero attached hydrogens (tertiary/aromatic N) is 1. The van der Waals surface area contributed by atoms with Gasteiger partial charge in [0, 0.05) is 26.3 Å². The zero-order valence-electron chi connectivity index (χ0n) is 9.90. The Balaban J connectivity index is 0.00000144. The van der Waals surface area contributed by atoms with Gasteiger partial charge in [0.2, 0.25) is 0 Å². The molecule has 0 spiro atoms. The summed E-state index contributed by atoms with van der Waals surface area (Å²) in [4.78, 5) is 11.8. The van der Waals surface area contributed by atoms with E-state index in [0.29, 0.717) is 12.2 Å². The largest absolute Gasteiger partial charge is 0.347 e. The fourth-order valence-corrected chi connectivity index (χ4v) is 1.81. The van der Waals surface area contributed by atoms with Crippen molar-refractivity contribution < 1.29 is 4.79 Å². The number of rotatable bonds is 3. The van der Waals surface area contributed by atoms with Crippen LogP contribution in [0.25, 0.3) is 0 Å². The monoisotopic (exact) mass is 255 g/mol. The van der Waals surface area contributed by atoms with Gasteiger partial charge in [0.15, 0.2) is 0 Å². The summed E-state index contributed by atoms with van der Waals surface area (Å²) in [5.74, 6) is -0.00747. The van der Waals surface area contributed by atoms with Gasteiger partial charge in [-0.1, -0.05) is 11.6 Å². The van der Waals surface area contributed by atoms with Crippen molar-refractivity contribution in [3.63, 3.8) is 0 Å². The molecule has 0 radical (unpaired) electrons. The van der Waals surface area contributed by atoms with Crippen LogP contribution in [0.1, 0.15) is 16.9 Å². The molecule has 1 aromatic rings.